The molecule has 8 nitrogen and oxygen atoms in total. The number of para-hydroxylation sites is 1. The van der Waals surface area contributed by atoms with Crippen LogP contribution >= 0.6 is 22.9 Å². The summed E-state index contributed by atoms with van der Waals surface area (Å²) < 4.78 is 40.3. The van der Waals surface area contributed by atoms with Gasteiger partial charge in [0.05, 0.1) is 46.9 Å². The number of anilines is 2. The largest absolute Gasteiger partial charge is 0.497 e. The smallest absolute Gasteiger partial charge is 0.264 e. The molecule has 0 bridgehead atoms. The van der Waals surface area contributed by atoms with Crippen molar-refractivity contribution in [1.82, 2.24) is 4.98 Å². The van der Waals surface area contributed by atoms with E-state index in [0.29, 0.717) is 22.3 Å². The number of carbonyl (C=O) groups excluding carboxylic acids is 1. The van der Waals surface area contributed by atoms with Crippen LogP contribution in [0.3, 0.4) is 0 Å². The normalized spacial score (nSPS) is 11.1. The Hall–Kier alpha value is -5.16. The molecule has 11 heteroatoms. The predicted octanol–water partition coefficient (Wildman–Crippen LogP) is 8.80. The molecule has 0 aliphatic heterocycles. The maximum absolute atomic E-state index is 14.2. The number of rotatable bonds is 11. The highest BCUT2D eigenvalue weighted by Crippen LogP contribution is 2.40. The third kappa shape index (κ3) is 7.06. The molecule has 48 heavy (non-hydrogen) atoms. The van der Waals surface area contributed by atoms with Gasteiger partial charge in [-0.2, -0.15) is 0 Å². The Morgan fingerprint density at radius 3 is 2.06 bits per heavy atom. The Kier molecular flexibility index (Phi) is 9.77. The Labute approximate surface area is 288 Å². The van der Waals surface area contributed by atoms with Crippen molar-refractivity contribution in [2.75, 3.05) is 23.8 Å². The monoisotopic (exact) mass is 695 g/mol. The van der Waals surface area contributed by atoms with Crippen LogP contribution in [-0.2, 0) is 16.6 Å². The van der Waals surface area contributed by atoms with Gasteiger partial charge in [-0.1, -0.05) is 71.5 Å². The van der Waals surface area contributed by atoms with Crippen molar-refractivity contribution >= 4 is 49.7 Å². The maximum atomic E-state index is 14.2. The van der Waals surface area contributed by atoms with E-state index in [-0.39, 0.29) is 22.0 Å². The average Bonchev–Trinajstić information content (AvgIpc) is 3.55. The lowest BCUT2D eigenvalue weighted by molar-refractivity contribution is 0.102. The Morgan fingerprint density at radius 1 is 0.792 bits per heavy atom. The van der Waals surface area contributed by atoms with E-state index in [0.717, 1.165) is 27.3 Å². The van der Waals surface area contributed by atoms with Crippen LogP contribution in [0.4, 0.5) is 10.8 Å². The molecule has 1 aromatic heterocycles. The molecule has 1 amide bonds. The number of nitrogens with zero attached hydrogens (tertiary/aromatic N) is 2. The van der Waals surface area contributed by atoms with Crippen molar-refractivity contribution < 1.29 is 22.7 Å². The fourth-order valence-corrected chi connectivity index (χ4v) is 7.85. The molecule has 6 rings (SSSR count). The van der Waals surface area contributed by atoms with Crippen LogP contribution in [-0.4, -0.2) is 33.5 Å². The van der Waals surface area contributed by atoms with Crippen molar-refractivity contribution in [2.45, 2.75) is 11.4 Å². The number of benzene rings is 5. The number of aromatic nitrogens is 1. The Bertz CT molecular complexity index is 2090. The van der Waals surface area contributed by atoms with E-state index in [9.17, 15) is 13.2 Å². The van der Waals surface area contributed by atoms with Gasteiger partial charge in [-0.05, 0) is 90.0 Å². The molecular weight excluding hydrogens is 666 g/mol. The number of hydrogen-bond donors (Lipinski definition) is 1. The van der Waals surface area contributed by atoms with Crippen LogP contribution in [0.15, 0.2) is 132 Å². The van der Waals surface area contributed by atoms with Gasteiger partial charge in [-0.25, -0.2) is 13.4 Å². The number of sulfonamides is 1. The molecule has 5 aromatic carbocycles. The second kappa shape index (κ2) is 14.3. The first-order valence-corrected chi connectivity index (χ1v) is 17.4. The number of amides is 1. The fraction of sp³-hybridized carbons (Fsp3) is 0.0811. The summed E-state index contributed by atoms with van der Waals surface area (Å²) in [6.45, 7) is 0.0463. The molecule has 6 aromatic rings. The van der Waals surface area contributed by atoms with Crippen LogP contribution in [0.25, 0.3) is 21.7 Å². The molecule has 0 saturated carbocycles. The van der Waals surface area contributed by atoms with E-state index in [2.05, 4.69) is 5.32 Å². The van der Waals surface area contributed by atoms with Gasteiger partial charge in [0.15, 0.2) is 5.13 Å². The van der Waals surface area contributed by atoms with Crippen molar-refractivity contribution in [2.24, 2.45) is 0 Å². The minimum absolute atomic E-state index is 0.0463. The summed E-state index contributed by atoms with van der Waals surface area (Å²) >= 11 is 7.81. The highest BCUT2D eigenvalue weighted by Gasteiger charge is 2.28. The first kappa shape index (κ1) is 32.8. The number of thiazole rings is 1. The van der Waals surface area contributed by atoms with Crippen molar-refractivity contribution in [3.63, 3.8) is 0 Å². The van der Waals surface area contributed by atoms with E-state index >= 15 is 0 Å². The van der Waals surface area contributed by atoms with E-state index in [1.165, 1.54) is 27.8 Å². The molecule has 0 aliphatic rings. The van der Waals surface area contributed by atoms with Gasteiger partial charge in [0, 0.05) is 11.1 Å². The first-order valence-electron chi connectivity index (χ1n) is 14.8. The van der Waals surface area contributed by atoms with Crippen molar-refractivity contribution in [3.8, 4) is 33.2 Å². The van der Waals surface area contributed by atoms with Gasteiger partial charge in [0.25, 0.3) is 15.9 Å². The molecule has 0 atom stereocenters. The lowest BCUT2D eigenvalue weighted by Gasteiger charge is -2.25. The number of ether oxygens (including phenoxy) is 2. The number of carbonyl (C=O) groups is 1. The van der Waals surface area contributed by atoms with E-state index < -0.39 is 15.9 Å². The van der Waals surface area contributed by atoms with E-state index in [1.54, 1.807) is 50.6 Å². The van der Waals surface area contributed by atoms with Crippen LogP contribution in [0.5, 0.6) is 11.5 Å². The molecule has 0 unspecified atom stereocenters. The van der Waals surface area contributed by atoms with Crippen LogP contribution in [0, 0.1) is 0 Å². The fourth-order valence-electron chi connectivity index (χ4n) is 5.05. The van der Waals surface area contributed by atoms with Gasteiger partial charge < -0.3 is 9.47 Å². The number of hydrogen-bond acceptors (Lipinski definition) is 7. The van der Waals surface area contributed by atoms with Crippen LogP contribution in [0.1, 0.15) is 15.9 Å². The lowest BCUT2D eigenvalue weighted by atomic mass is 10.1. The van der Waals surface area contributed by atoms with Crippen molar-refractivity contribution in [1.29, 1.82) is 0 Å². The lowest BCUT2D eigenvalue weighted by Crippen LogP contribution is -2.31. The Balaban J connectivity index is 1.33. The number of halogens is 1. The zero-order chi connectivity index (χ0) is 33.7. The summed E-state index contributed by atoms with van der Waals surface area (Å²) in [5.74, 6) is 0.922. The van der Waals surface area contributed by atoms with Crippen LogP contribution in [0.2, 0.25) is 5.02 Å². The average molecular weight is 696 g/mol. The quantitative estimate of drug-likeness (QED) is 0.146. The van der Waals surface area contributed by atoms with Gasteiger partial charge in [-0.15, -0.1) is 0 Å². The summed E-state index contributed by atoms with van der Waals surface area (Å²) in [6, 6.07) is 37.0. The second-order valence-electron chi connectivity index (χ2n) is 10.6. The molecule has 0 saturated heterocycles. The minimum Gasteiger partial charge on any atom is -0.497 e. The predicted molar refractivity (Wildman–Crippen MR) is 192 cm³/mol. The van der Waals surface area contributed by atoms with E-state index in [4.69, 9.17) is 26.1 Å². The topological polar surface area (TPSA) is 97.8 Å². The maximum Gasteiger partial charge on any atom is 0.264 e. The third-order valence-electron chi connectivity index (χ3n) is 7.54. The zero-order valence-corrected chi connectivity index (χ0v) is 28.4. The molecule has 0 fully saturated rings. The Morgan fingerprint density at radius 2 is 1.42 bits per heavy atom. The summed E-state index contributed by atoms with van der Waals surface area (Å²) in [7, 11) is -0.944. The molecule has 242 valence electrons. The van der Waals surface area contributed by atoms with Gasteiger partial charge in [0.1, 0.15) is 11.5 Å². The third-order valence-corrected chi connectivity index (χ3v) is 10.6. The molecule has 0 spiro atoms. The molecule has 1 heterocycles. The van der Waals surface area contributed by atoms with Gasteiger partial charge in [-0.3, -0.25) is 14.4 Å². The number of nitrogens with one attached hydrogen (secondary N) is 1. The minimum atomic E-state index is -4.15. The second-order valence-corrected chi connectivity index (χ2v) is 13.9. The number of methoxy groups -OCH3 is 2. The summed E-state index contributed by atoms with van der Waals surface area (Å²) in [6.07, 6.45) is 0. The summed E-state index contributed by atoms with van der Waals surface area (Å²) in [5.41, 5.74) is 3.67. The summed E-state index contributed by atoms with van der Waals surface area (Å²) in [4.78, 5) is 19.2. The highest BCUT2D eigenvalue weighted by molar-refractivity contribution is 7.92. The standard InChI is InChI=1S/C37H30ClN3O5S2/c1-45-29-19-15-26(16-20-29)34-35(27-17-21-30(46-2)22-18-27)47-37(39-34)40-36(42)28-11-8-12-31(23-28)48(43,44)41(24-25-9-4-3-5-10-25)33-14-7-6-13-32(33)38/h3-23H,24H2,1-2H3,(H,39,40,42). The molecule has 0 aliphatic carbocycles. The highest BCUT2D eigenvalue weighted by atomic mass is 35.5. The SMILES string of the molecule is COc1ccc(-c2nc(NC(=O)c3cccc(S(=O)(=O)N(Cc4ccccc4)c4ccccc4Cl)c3)sc2-c2ccc(OC)cc2)cc1. The first-order chi connectivity index (χ1) is 23.3. The van der Waals surface area contributed by atoms with E-state index in [1.807, 2.05) is 78.9 Å². The van der Waals surface area contributed by atoms with Gasteiger partial charge in [0.2, 0.25) is 0 Å². The van der Waals surface area contributed by atoms with Crippen molar-refractivity contribution in [3.05, 3.63) is 144 Å². The molecular formula is C37H30ClN3O5S2. The van der Waals surface area contributed by atoms with Crippen LogP contribution < -0.4 is 19.1 Å². The molecule has 0 radical (unpaired) electrons. The summed E-state index contributed by atoms with van der Waals surface area (Å²) in [5, 5.41) is 3.52. The zero-order valence-electron chi connectivity index (χ0n) is 26.0. The molecule has 1 N–H and O–H groups in total. The van der Waals surface area contributed by atoms with Gasteiger partial charge >= 0.3 is 0 Å².